The molecule has 0 spiro atoms. The van der Waals surface area contributed by atoms with E-state index in [2.05, 4.69) is 5.32 Å². The van der Waals surface area contributed by atoms with Gasteiger partial charge in [0.25, 0.3) is 0 Å². The average Bonchev–Trinajstić information content (AvgIpc) is 3.07. The van der Waals surface area contributed by atoms with E-state index in [0.717, 1.165) is 34.4 Å². The number of thioether (sulfide) groups is 1. The Morgan fingerprint density at radius 1 is 1.07 bits per heavy atom. The minimum Gasteiger partial charge on any atom is -0.478 e. The molecule has 7 heteroatoms. The summed E-state index contributed by atoms with van der Waals surface area (Å²) in [4.78, 5) is 24.1. The molecule has 0 unspecified atom stereocenters. The van der Waals surface area contributed by atoms with Crippen LogP contribution in [-0.2, 0) is 4.74 Å². The number of halogens is 1. The first-order valence-corrected chi connectivity index (χ1v) is 10.4. The molecule has 0 atom stereocenters. The number of hydrogen-bond acceptors (Lipinski definition) is 4. The maximum Gasteiger partial charge on any atom is 0.411 e. The van der Waals surface area contributed by atoms with Gasteiger partial charge in [-0.3, -0.25) is 5.32 Å². The summed E-state index contributed by atoms with van der Waals surface area (Å²) in [5.74, 6) is -2.35. The number of ether oxygens (including phenoxy) is 1. The molecule has 0 fully saturated rings. The van der Waals surface area contributed by atoms with Crippen molar-refractivity contribution in [2.75, 3.05) is 18.2 Å². The summed E-state index contributed by atoms with van der Waals surface area (Å²) in [6.45, 7) is 0.126. The van der Waals surface area contributed by atoms with E-state index in [1.807, 2.05) is 48.5 Å². The van der Waals surface area contributed by atoms with Gasteiger partial charge in [-0.2, -0.15) is 0 Å². The van der Waals surface area contributed by atoms with Crippen molar-refractivity contribution in [1.29, 1.82) is 0 Å². The topological polar surface area (TPSA) is 75.6 Å². The van der Waals surface area contributed by atoms with Gasteiger partial charge in [-0.15, -0.1) is 11.8 Å². The predicted molar refractivity (Wildman–Crippen MR) is 114 cm³/mol. The zero-order chi connectivity index (χ0) is 21.3. The molecule has 1 aliphatic carbocycles. The summed E-state index contributed by atoms with van der Waals surface area (Å²) < 4.78 is 19.4. The van der Waals surface area contributed by atoms with E-state index >= 15 is 0 Å². The maximum absolute atomic E-state index is 13.9. The van der Waals surface area contributed by atoms with Gasteiger partial charge < -0.3 is 9.84 Å². The van der Waals surface area contributed by atoms with Crippen LogP contribution in [0.25, 0.3) is 11.1 Å². The van der Waals surface area contributed by atoms with Crippen LogP contribution in [0.1, 0.15) is 27.4 Å². The number of amides is 1. The maximum atomic E-state index is 13.9. The third-order valence-corrected chi connectivity index (χ3v) is 5.88. The Morgan fingerprint density at radius 2 is 1.67 bits per heavy atom. The molecule has 0 aliphatic heterocycles. The van der Waals surface area contributed by atoms with E-state index in [0.29, 0.717) is 4.90 Å². The van der Waals surface area contributed by atoms with Crippen LogP contribution < -0.4 is 5.32 Å². The Kier molecular flexibility index (Phi) is 5.46. The van der Waals surface area contributed by atoms with E-state index in [-0.39, 0.29) is 18.2 Å². The molecule has 3 aromatic rings. The molecule has 5 nitrogen and oxygen atoms in total. The second-order valence-corrected chi connectivity index (χ2v) is 7.64. The van der Waals surface area contributed by atoms with Crippen molar-refractivity contribution < 1.29 is 23.8 Å². The number of carboxylic acid groups (broad SMARTS) is 1. The number of aromatic carboxylic acids is 1. The molecule has 0 radical (unpaired) electrons. The van der Waals surface area contributed by atoms with E-state index in [4.69, 9.17) is 9.84 Å². The SMILES string of the molecule is CSc1cc(F)c(C(=O)O)cc1NC(=O)OCC1c2ccccc2-c2ccccc21. The largest absolute Gasteiger partial charge is 0.478 e. The number of nitrogens with one attached hydrogen (secondary N) is 1. The lowest BCUT2D eigenvalue weighted by molar-refractivity contribution is 0.0691. The van der Waals surface area contributed by atoms with E-state index in [1.165, 1.54) is 11.8 Å². The van der Waals surface area contributed by atoms with Crippen molar-refractivity contribution in [2.24, 2.45) is 0 Å². The van der Waals surface area contributed by atoms with Gasteiger partial charge in [0, 0.05) is 10.8 Å². The molecule has 1 amide bonds. The van der Waals surface area contributed by atoms with Crippen LogP contribution in [0.15, 0.2) is 65.6 Å². The molecular formula is C23H18FNO4S. The molecule has 4 rings (SSSR count). The smallest absolute Gasteiger partial charge is 0.411 e. The van der Waals surface area contributed by atoms with Crippen molar-refractivity contribution in [3.63, 3.8) is 0 Å². The van der Waals surface area contributed by atoms with Crippen molar-refractivity contribution in [1.82, 2.24) is 0 Å². The van der Waals surface area contributed by atoms with Crippen LogP contribution in [0.3, 0.4) is 0 Å². The number of hydrogen-bond donors (Lipinski definition) is 2. The minimum absolute atomic E-state index is 0.0917. The number of rotatable bonds is 5. The quantitative estimate of drug-likeness (QED) is 0.522. The first kappa shape index (κ1) is 20.0. The Labute approximate surface area is 176 Å². The second kappa shape index (κ2) is 8.20. The van der Waals surface area contributed by atoms with Crippen LogP contribution in [0.4, 0.5) is 14.9 Å². The number of carbonyl (C=O) groups is 2. The Morgan fingerprint density at radius 3 is 2.23 bits per heavy atom. The van der Waals surface area contributed by atoms with Crippen molar-refractivity contribution in [2.45, 2.75) is 10.8 Å². The molecule has 0 aromatic heterocycles. The second-order valence-electron chi connectivity index (χ2n) is 6.79. The molecule has 0 saturated carbocycles. The fourth-order valence-electron chi connectivity index (χ4n) is 3.73. The number of carbonyl (C=O) groups excluding carboxylic acids is 1. The van der Waals surface area contributed by atoms with Crippen molar-refractivity contribution >= 4 is 29.5 Å². The normalized spacial score (nSPS) is 12.2. The average molecular weight is 423 g/mol. The Bertz CT molecular complexity index is 1100. The standard InChI is InChI=1S/C23H18FNO4S/c1-30-21-11-19(24)17(22(26)27)10-20(21)25-23(28)29-12-18-15-8-4-2-6-13(15)14-7-3-5-9-16(14)18/h2-11,18H,12H2,1H3,(H,25,28)(H,26,27). The third kappa shape index (κ3) is 3.64. The van der Waals surface area contributed by atoms with E-state index in [9.17, 15) is 14.0 Å². The van der Waals surface area contributed by atoms with Crippen LogP contribution in [0.5, 0.6) is 0 Å². The van der Waals surface area contributed by atoms with Crippen molar-refractivity contribution in [3.8, 4) is 11.1 Å². The molecule has 0 bridgehead atoms. The van der Waals surface area contributed by atoms with E-state index < -0.39 is 23.4 Å². The molecule has 152 valence electrons. The number of benzene rings is 3. The van der Waals surface area contributed by atoms with Gasteiger partial charge in [0.05, 0.1) is 11.3 Å². The summed E-state index contributed by atoms with van der Waals surface area (Å²) in [6, 6.07) is 18.2. The molecule has 0 saturated heterocycles. The molecule has 1 aliphatic rings. The highest BCUT2D eigenvalue weighted by atomic mass is 32.2. The van der Waals surface area contributed by atoms with Gasteiger partial charge in [0.2, 0.25) is 0 Å². The zero-order valence-corrected chi connectivity index (χ0v) is 16.8. The Hall–Kier alpha value is -3.32. The van der Waals surface area contributed by atoms with Crippen LogP contribution >= 0.6 is 11.8 Å². The molecule has 0 heterocycles. The van der Waals surface area contributed by atoms with Gasteiger partial charge in [0.15, 0.2) is 0 Å². The van der Waals surface area contributed by atoms with Gasteiger partial charge in [-0.25, -0.2) is 14.0 Å². The van der Waals surface area contributed by atoms with Gasteiger partial charge in [-0.1, -0.05) is 48.5 Å². The fourth-order valence-corrected chi connectivity index (χ4v) is 4.28. The zero-order valence-electron chi connectivity index (χ0n) is 16.0. The van der Waals surface area contributed by atoms with Crippen LogP contribution in [0.2, 0.25) is 0 Å². The van der Waals surface area contributed by atoms with Crippen molar-refractivity contribution in [3.05, 3.63) is 83.2 Å². The number of fused-ring (bicyclic) bond motifs is 3. The third-order valence-electron chi connectivity index (χ3n) is 5.10. The van der Waals surface area contributed by atoms with Gasteiger partial charge in [0.1, 0.15) is 12.4 Å². The molecule has 30 heavy (non-hydrogen) atoms. The highest BCUT2D eigenvalue weighted by Gasteiger charge is 2.29. The Balaban J connectivity index is 1.53. The number of carboxylic acids is 1. The summed E-state index contributed by atoms with van der Waals surface area (Å²) in [7, 11) is 0. The summed E-state index contributed by atoms with van der Waals surface area (Å²) >= 11 is 1.19. The van der Waals surface area contributed by atoms with Gasteiger partial charge in [-0.05, 0) is 40.6 Å². The lowest BCUT2D eigenvalue weighted by Gasteiger charge is -2.16. The summed E-state index contributed by atoms with van der Waals surface area (Å²) in [5, 5.41) is 11.7. The first-order valence-electron chi connectivity index (χ1n) is 9.22. The van der Waals surface area contributed by atoms with Gasteiger partial charge >= 0.3 is 12.1 Å². The molecular weight excluding hydrogens is 405 g/mol. The fraction of sp³-hybridized carbons (Fsp3) is 0.130. The molecule has 3 aromatic carbocycles. The number of anilines is 1. The van der Waals surface area contributed by atoms with Crippen LogP contribution in [0, 0.1) is 5.82 Å². The summed E-state index contributed by atoms with van der Waals surface area (Å²) in [6.07, 6.45) is 0.980. The highest BCUT2D eigenvalue weighted by Crippen LogP contribution is 2.44. The minimum atomic E-state index is -1.41. The first-order chi connectivity index (χ1) is 14.5. The molecule has 2 N–H and O–H groups in total. The lowest BCUT2D eigenvalue weighted by atomic mass is 9.98. The van der Waals surface area contributed by atoms with Crippen LogP contribution in [-0.4, -0.2) is 30.0 Å². The van der Waals surface area contributed by atoms with E-state index in [1.54, 1.807) is 6.26 Å². The highest BCUT2D eigenvalue weighted by molar-refractivity contribution is 7.98. The lowest BCUT2D eigenvalue weighted by Crippen LogP contribution is -2.18. The monoisotopic (exact) mass is 423 g/mol. The summed E-state index contributed by atoms with van der Waals surface area (Å²) in [5.41, 5.74) is 4.10. The predicted octanol–water partition coefficient (Wildman–Crippen LogP) is 5.61.